The van der Waals surface area contributed by atoms with E-state index in [2.05, 4.69) is 5.32 Å². The summed E-state index contributed by atoms with van der Waals surface area (Å²) in [6.07, 6.45) is 2.41. The fourth-order valence-electron chi connectivity index (χ4n) is 2.92. The van der Waals surface area contributed by atoms with E-state index in [4.69, 9.17) is 16.0 Å². The molecule has 3 aromatic rings. The number of halogens is 1. The number of aryl methyl sites for hydroxylation is 1. The molecular weight excluding hydrogens is 468 g/mol. The number of hydrogen-bond donors (Lipinski definition) is 1. The Balaban J connectivity index is 1.61. The van der Waals surface area contributed by atoms with Crippen LogP contribution in [0.5, 0.6) is 0 Å². The Morgan fingerprint density at radius 3 is 2.47 bits per heavy atom. The van der Waals surface area contributed by atoms with Crippen LogP contribution < -0.4 is 9.62 Å². The van der Waals surface area contributed by atoms with Gasteiger partial charge in [-0.05, 0) is 67.6 Å². The zero-order valence-electron chi connectivity index (χ0n) is 17.7. The molecular formula is C23H25ClN2O4S2. The second kappa shape index (κ2) is 11.4. The van der Waals surface area contributed by atoms with Gasteiger partial charge in [0.1, 0.15) is 12.3 Å². The minimum atomic E-state index is -3.93. The molecule has 0 unspecified atom stereocenters. The third kappa shape index (κ3) is 6.79. The monoisotopic (exact) mass is 492 g/mol. The van der Waals surface area contributed by atoms with Crippen molar-refractivity contribution in [1.82, 2.24) is 5.32 Å². The van der Waals surface area contributed by atoms with E-state index in [0.717, 1.165) is 33.6 Å². The summed E-state index contributed by atoms with van der Waals surface area (Å²) in [6.45, 7) is 2.02. The highest BCUT2D eigenvalue weighted by Gasteiger charge is 2.27. The van der Waals surface area contributed by atoms with Crippen LogP contribution in [0, 0.1) is 6.92 Å². The molecule has 1 amide bonds. The number of furan rings is 1. The zero-order valence-corrected chi connectivity index (χ0v) is 20.0. The van der Waals surface area contributed by atoms with Crippen molar-refractivity contribution >= 4 is 45.0 Å². The van der Waals surface area contributed by atoms with Gasteiger partial charge in [0.05, 0.1) is 22.6 Å². The van der Waals surface area contributed by atoms with Crippen molar-refractivity contribution in [2.45, 2.75) is 24.0 Å². The highest BCUT2D eigenvalue weighted by Crippen LogP contribution is 2.25. The summed E-state index contributed by atoms with van der Waals surface area (Å²) in [5.41, 5.74) is 1.32. The van der Waals surface area contributed by atoms with Gasteiger partial charge >= 0.3 is 0 Å². The second-order valence-corrected chi connectivity index (χ2v) is 10.5. The van der Waals surface area contributed by atoms with E-state index >= 15 is 0 Å². The first-order chi connectivity index (χ1) is 15.4. The summed E-state index contributed by atoms with van der Waals surface area (Å²) in [6, 6.07) is 16.7. The van der Waals surface area contributed by atoms with Crippen LogP contribution in [0.4, 0.5) is 5.69 Å². The van der Waals surface area contributed by atoms with Crippen LogP contribution in [0.2, 0.25) is 5.02 Å². The Kier molecular flexibility index (Phi) is 8.67. The number of carbonyl (C=O) groups excluding carboxylic acids is 1. The number of benzene rings is 2. The highest BCUT2D eigenvalue weighted by atomic mass is 35.5. The predicted octanol–water partition coefficient (Wildman–Crippen LogP) is 4.88. The fraction of sp³-hybridized carbons (Fsp3) is 0.261. The van der Waals surface area contributed by atoms with Crippen LogP contribution in [0.15, 0.2) is 76.2 Å². The molecule has 0 bridgehead atoms. The Morgan fingerprint density at radius 2 is 1.81 bits per heavy atom. The standard InChI is InChI=1S/C23H25ClN2O4S2/c1-18-5-11-22(12-6-18)32(28,29)26(20-9-7-19(24)8-10-20)16-23(27)25-13-3-15-31-17-21-4-2-14-30-21/h2,4-12,14H,3,13,15-17H2,1H3,(H,25,27). The van der Waals surface area contributed by atoms with E-state index in [0.29, 0.717) is 17.3 Å². The van der Waals surface area contributed by atoms with Crippen molar-refractivity contribution in [3.63, 3.8) is 0 Å². The Morgan fingerprint density at radius 1 is 1.09 bits per heavy atom. The third-order valence-electron chi connectivity index (χ3n) is 4.62. The number of thioether (sulfide) groups is 1. The van der Waals surface area contributed by atoms with Crippen LogP contribution in [-0.2, 0) is 20.6 Å². The Labute approximate surface area is 198 Å². The molecule has 1 N–H and O–H groups in total. The van der Waals surface area contributed by atoms with Crippen LogP contribution in [0.25, 0.3) is 0 Å². The van der Waals surface area contributed by atoms with Crippen molar-refractivity contribution in [3.8, 4) is 0 Å². The summed E-state index contributed by atoms with van der Waals surface area (Å²) >= 11 is 7.67. The maximum Gasteiger partial charge on any atom is 0.264 e. The molecule has 0 spiro atoms. The highest BCUT2D eigenvalue weighted by molar-refractivity contribution is 7.98. The largest absolute Gasteiger partial charge is 0.468 e. The zero-order chi connectivity index (χ0) is 23.0. The van der Waals surface area contributed by atoms with E-state index in [-0.39, 0.29) is 17.3 Å². The SMILES string of the molecule is Cc1ccc(S(=O)(=O)N(CC(=O)NCCCSCc2ccco2)c2ccc(Cl)cc2)cc1. The molecule has 6 nitrogen and oxygen atoms in total. The van der Waals surface area contributed by atoms with E-state index in [1.807, 2.05) is 19.1 Å². The number of sulfonamides is 1. The Hall–Kier alpha value is -2.42. The second-order valence-electron chi connectivity index (χ2n) is 7.14. The average Bonchev–Trinajstić information content (AvgIpc) is 3.29. The van der Waals surface area contributed by atoms with Crippen LogP contribution in [-0.4, -0.2) is 33.2 Å². The number of amides is 1. The van der Waals surface area contributed by atoms with Gasteiger partial charge in [-0.2, -0.15) is 11.8 Å². The van der Waals surface area contributed by atoms with Gasteiger partial charge in [-0.3, -0.25) is 9.10 Å². The van der Waals surface area contributed by atoms with Crippen molar-refractivity contribution in [1.29, 1.82) is 0 Å². The lowest BCUT2D eigenvalue weighted by Gasteiger charge is -2.24. The Bertz CT molecular complexity index is 1100. The molecule has 0 fully saturated rings. The predicted molar refractivity (Wildman–Crippen MR) is 130 cm³/mol. The van der Waals surface area contributed by atoms with E-state index in [9.17, 15) is 13.2 Å². The smallest absolute Gasteiger partial charge is 0.264 e. The molecule has 0 aliphatic carbocycles. The maximum absolute atomic E-state index is 13.3. The van der Waals surface area contributed by atoms with Gasteiger partial charge in [0, 0.05) is 11.6 Å². The minimum absolute atomic E-state index is 0.125. The molecule has 0 aliphatic heterocycles. The first-order valence-electron chi connectivity index (χ1n) is 10.1. The normalized spacial score (nSPS) is 11.3. The van der Waals surface area contributed by atoms with Gasteiger partial charge in [-0.15, -0.1) is 0 Å². The first kappa shape index (κ1) is 24.2. The minimum Gasteiger partial charge on any atom is -0.468 e. The molecule has 1 aromatic heterocycles. The molecule has 1 heterocycles. The molecule has 0 aliphatic rings. The molecule has 0 radical (unpaired) electrons. The van der Waals surface area contributed by atoms with Crippen molar-refractivity contribution in [2.24, 2.45) is 0 Å². The van der Waals surface area contributed by atoms with Gasteiger partial charge in [0.15, 0.2) is 0 Å². The van der Waals surface area contributed by atoms with Gasteiger partial charge in [-0.25, -0.2) is 8.42 Å². The number of rotatable bonds is 11. The number of carbonyl (C=O) groups is 1. The number of nitrogens with zero attached hydrogens (tertiary/aromatic N) is 1. The van der Waals surface area contributed by atoms with E-state index in [1.165, 1.54) is 0 Å². The molecule has 170 valence electrons. The van der Waals surface area contributed by atoms with E-state index < -0.39 is 10.0 Å². The van der Waals surface area contributed by atoms with Gasteiger partial charge in [0.25, 0.3) is 10.0 Å². The van der Waals surface area contributed by atoms with Crippen molar-refractivity contribution in [3.05, 3.63) is 83.3 Å². The van der Waals surface area contributed by atoms with E-state index in [1.54, 1.807) is 66.6 Å². The summed E-state index contributed by atoms with van der Waals surface area (Å²) in [4.78, 5) is 12.7. The van der Waals surface area contributed by atoms with Gasteiger partial charge < -0.3 is 9.73 Å². The molecule has 0 saturated carbocycles. The van der Waals surface area contributed by atoms with Gasteiger partial charge in [0.2, 0.25) is 5.91 Å². The molecule has 9 heteroatoms. The number of hydrogen-bond acceptors (Lipinski definition) is 5. The molecule has 0 saturated heterocycles. The summed E-state index contributed by atoms with van der Waals surface area (Å²) in [5, 5.41) is 3.30. The lowest BCUT2D eigenvalue weighted by molar-refractivity contribution is -0.119. The maximum atomic E-state index is 13.3. The van der Waals surface area contributed by atoms with Gasteiger partial charge in [-0.1, -0.05) is 29.3 Å². The quantitative estimate of drug-likeness (QED) is 0.386. The average molecular weight is 493 g/mol. The first-order valence-corrected chi connectivity index (χ1v) is 13.1. The van der Waals surface area contributed by atoms with Crippen LogP contribution in [0.3, 0.4) is 0 Å². The third-order valence-corrected chi connectivity index (χ3v) is 7.73. The number of nitrogens with one attached hydrogen (secondary N) is 1. The van der Waals surface area contributed by atoms with Crippen molar-refractivity contribution < 1.29 is 17.6 Å². The summed E-state index contributed by atoms with van der Waals surface area (Å²) < 4.78 is 33.0. The van der Waals surface area contributed by atoms with Crippen molar-refractivity contribution in [2.75, 3.05) is 23.1 Å². The lowest BCUT2D eigenvalue weighted by Crippen LogP contribution is -2.41. The summed E-state index contributed by atoms with van der Waals surface area (Å²) in [7, 11) is -3.93. The van der Waals surface area contributed by atoms with Crippen LogP contribution in [0.1, 0.15) is 17.7 Å². The molecule has 0 atom stereocenters. The molecule has 3 rings (SSSR count). The molecule has 2 aromatic carbocycles. The topological polar surface area (TPSA) is 79.6 Å². The van der Waals surface area contributed by atoms with Crippen LogP contribution >= 0.6 is 23.4 Å². The lowest BCUT2D eigenvalue weighted by atomic mass is 10.2. The molecule has 32 heavy (non-hydrogen) atoms. The number of anilines is 1. The fourth-order valence-corrected chi connectivity index (χ4v) is 5.32. The summed E-state index contributed by atoms with van der Waals surface area (Å²) in [5.74, 6) is 2.18.